The number of esters is 2. The molecular weight excluding hydrogens is 652 g/mol. The first kappa shape index (κ1) is 40.6. The lowest BCUT2D eigenvalue weighted by Crippen LogP contribution is -2.36. The van der Waals surface area contributed by atoms with Crippen molar-refractivity contribution in [2.75, 3.05) is 0 Å². The number of ether oxygens (including phenoxy) is 2. The summed E-state index contributed by atoms with van der Waals surface area (Å²) in [6, 6.07) is 17.8. The van der Waals surface area contributed by atoms with E-state index >= 15 is 0 Å². The van der Waals surface area contributed by atoms with Crippen LogP contribution in [0.4, 0.5) is 0 Å². The molecule has 0 amide bonds. The second-order valence-corrected chi connectivity index (χ2v) is 15.8. The molecule has 0 bridgehead atoms. The van der Waals surface area contributed by atoms with Crippen molar-refractivity contribution in [3.05, 3.63) is 94.5 Å². The molecule has 4 rings (SSSR count). The van der Waals surface area contributed by atoms with Crippen LogP contribution in [0.3, 0.4) is 0 Å². The first-order chi connectivity index (χ1) is 24.8. The van der Waals surface area contributed by atoms with Gasteiger partial charge in [-0.1, -0.05) is 115 Å². The standard InChI is InChI=1S/C44H60N2O6/c1-27(2)35-21-19-29(5)23-39(35)51-43(49)37(31(7)47)25-45-41(33-15-11-9-12-16-33)42(34-17-13-10-14-18-34)46-26-38(32(8)48)44(50)52-40-24-30(6)20-22-36(40)28(3)4/h9-18,25-30,35-36,39-42,47-48H,19-24H2,1-8H3/b37-31+,38-32+,45-25?,46-26?/t29-,30-,35+,36+,39-,40-,41+,42+/m0/s1. The second-order valence-electron chi connectivity index (χ2n) is 15.8. The van der Waals surface area contributed by atoms with Gasteiger partial charge in [-0.15, -0.1) is 0 Å². The van der Waals surface area contributed by atoms with Crippen molar-refractivity contribution >= 4 is 24.4 Å². The Morgan fingerprint density at radius 1 is 0.635 bits per heavy atom. The van der Waals surface area contributed by atoms with E-state index < -0.39 is 24.0 Å². The van der Waals surface area contributed by atoms with Crippen LogP contribution in [0.2, 0.25) is 0 Å². The van der Waals surface area contributed by atoms with Gasteiger partial charge in [0.05, 0.1) is 0 Å². The van der Waals surface area contributed by atoms with Gasteiger partial charge in [-0.2, -0.15) is 0 Å². The van der Waals surface area contributed by atoms with Gasteiger partial charge in [0.2, 0.25) is 0 Å². The summed E-state index contributed by atoms with van der Waals surface area (Å²) < 4.78 is 12.2. The van der Waals surface area contributed by atoms with Crippen LogP contribution in [0.5, 0.6) is 0 Å². The summed E-state index contributed by atoms with van der Waals surface area (Å²) in [6.07, 6.45) is 8.02. The number of aliphatic hydroxyl groups is 2. The first-order valence-electron chi connectivity index (χ1n) is 19.1. The molecule has 2 fully saturated rings. The van der Waals surface area contributed by atoms with Crippen molar-refractivity contribution < 1.29 is 29.3 Å². The van der Waals surface area contributed by atoms with Crippen LogP contribution < -0.4 is 0 Å². The van der Waals surface area contributed by atoms with Crippen molar-refractivity contribution in [1.82, 2.24) is 0 Å². The molecule has 8 heteroatoms. The van der Waals surface area contributed by atoms with E-state index in [1.807, 2.05) is 60.7 Å². The molecule has 0 unspecified atom stereocenters. The first-order valence-corrected chi connectivity index (χ1v) is 19.1. The van der Waals surface area contributed by atoms with Gasteiger partial charge in [-0.25, -0.2) is 9.59 Å². The van der Waals surface area contributed by atoms with Gasteiger partial charge in [0, 0.05) is 12.4 Å². The van der Waals surface area contributed by atoms with Gasteiger partial charge < -0.3 is 19.7 Å². The number of benzene rings is 2. The maximum Gasteiger partial charge on any atom is 0.343 e. The summed E-state index contributed by atoms with van der Waals surface area (Å²) in [5, 5.41) is 21.5. The Kier molecular flexibility index (Phi) is 14.9. The molecule has 0 spiro atoms. The lowest BCUT2D eigenvalue weighted by molar-refractivity contribution is -0.151. The molecule has 8 nitrogen and oxygen atoms in total. The van der Waals surface area contributed by atoms with Crippen molar-refractivity contribution in [2.45, 2.75) is 118 Å². The van der Waals surface area contributed by atoms with Gasteiger partial charge in [0.25, 0.3) is 0 Å². The largest absolute Gasteiger partial charge is 0.512 e. The molecule has 0 aromatic heterocycles. The number of aliphatic imine (C=N–C) groups is 2. The fourth-order valence-electron chi connectivity index (χ4n) is 7.80. The van der Waals surface area contributed by atoms with Crippen molar-refractivity contribution in [1.29, 1.82) is 0 Å². The molecular formula is C44H60N2O6. The van der Waals surface area contributed by atoms with Crippen LogP contribution >= 0.6 is 0 Å². The Hall–Kier alpha value is -4.20. The smallest absolute Gasteiger partial charge is 0.343 e. The van der Waals surface area contributed by atoms with E-state index in [9.17, 15) is 19.8 Å². The fraction of sp³-hybridized carbons (Fsp3) is 0.545. The zero-order valence-electron chi connectivity index (χ0n) is 32.4. The maximum atomic E-state index is 13.7. The Morgan fingerprint density at radius 3 is 1.29 bits per heavy atom. The Bertz CT molecular complexity index is 1470. The van der Waals surface area contributed by atoms with Gasteiger partial charge in [-0.3, -0.25) is 9.98 Å². The Balaban J connectivity index is 1.69. The second kappa shape index (κ2) is 19.0. The normalized spacial score (nSPS) is 26.2. The van der Waals surface area contributed by atoms with Crippen LogP contribution in [0, 0.1) is 35.5 Å². The zero-order valence-corrected chi connectivity index (χ0v) is 32.4. The number of carbonyl (C=O) groups excluding carboxylic acids is 2. The molecule has 2 aromatic rings. The molecule has 0 saturated heterocycles. The van der Waals surface area contributed by atoms with E-state index in [-0.39, 0.29) is 46.7 Å². The molecule has 282 valence electrons. The summed E-state index contributed by atoms with van der Waals surface area (Å²) >= 11 is 0. The molecule has 0 radical (unpaired) electrons. The summed E-state index contributed by atoms with van der Waals surface area (Å²) in [7, 11) is 0. The zero-order chi connectivity index (χ0) is 37.9. The number of allylic oxidation sites excluding steroid dienone is 2. The van der Waals surface area contributed by atoms with E-state index in [4.69, 9.17) is 19.5 Å². The molecule has 2 N–H and O–H groups in total. The monoisotopic (exact) mass is 712 g/mol. The minimum atomic E-state index is -0.680. The van der Waals surface area contributed by atoms with Crippen LogP contribution in [-0.2, 0) is 19.1 Å². The van der Waals surface area contributed by atoms with E-state index in [0.717, 1.165) is 49.7 Å². The summed E-state index contributed by atoms with van der Waals surface area (Å²) in [5.74, 6) is 0.486. The predicted molar refractivity (Wildman–Crippen MR) is 208 cm³/mol. The highest BCUT2D eigenvalue weighted by atomic mass is 16.5. The lowest BCUT2D eigenvalue weighted by Gasteiger charge is -2.36. The lowest BCUT2D eigenvalue weighted by atomic mass is 9.75. The fourth-order valence-corrected chi connectivity index (χ4v) is 7.80. The number of aliphatic hydroxyl groups excluding tert-OH is 2. The molecule has 52 heavy (non-hydrogen) atoms. The Morgan fingerprint density at radius 2 is 0.981 bits per heavy atom. The van der Waals surface area contributed by atoms with Crippen LogP contribution in [-0.4, -0.2) is 46.8 Å². The number of nitrogens with zero attached hydrogens (tertiary/aromatic N) is 2. The molecule has 0 aliphatic heterocycles. The van der Waals surface area contributed by atoms with Gasteiger partial charge in [-0.05, 0) is 86.2 Å². The summed E-state index contributed by atoms with van der Waals surface area (Å²) in [6.45, 7) is 15.9. The van der Waals surface area contributed by atoms with E-state index in [0.29, 0.717) is 23.7 Å². The minimum Gasteiger partial charge on any atom is -0.512 e. The molecule has 2 aromatic carbocycles. The predicted octanol–water partition coefficient (Wildman–Crippen LogP) is 10.3. The van der Waals surface area contributed by atoms with E-state index in [1.165, 1.54) is 26.3 Å². The van der Waals surface area contributed by atoms with Crippen molar-refractivity contribution in [3.8, 4) is 0 Å². The van der Waals surface area contributed by atoms with Gasteiger partial charge >= 0.3 is 11.9 Å². The van der Waals surface area contributed by atoms with E-state index in [1.54, 1.807) is 0 Å². The quantitative estimate of drug-likeness (QED) is 0.0924. The molecule has 2 aliphatic carbocycles. The third-order valence-corrected chi connectivity index (χ3v) is 11.0. The average molecular weight is 713 g/mol. The molecule has 8 atom stereocenters. The van der Waals surface area contributed by atoms with Crippen LogP contribution in [0.15, 0.2) is 93.3 Å². The van der Waals surface area contributed by atoms with Crippen LogP contribution in [0.1, 0.15) is 117 Å². The van der Waals surface area contributed by atoms with Gasteiger partial charge in [0.15, 0.2) is 0 Å². The molecule has 2 aliphatic rings. The highest BCUT2D eigenvalue weighted by molar-refractivity contribution is 6.10. The number of rotatable bonds is 13. The summed E-state index contributed by atoms with van der Waals surface area (Å²) in [5.41, 5.74) is 1.57. The highest BCUT2D eigenvalue weighted by Crippen LogP contribution is 2.38. The Labute approximate surface area is 311 Å². The number of carbonyl (C=O) groups is 2. The van der Waals surface area contributed by atoms with Crippen molar-refractivity contribution in [2.24, 2.45) is 45.5 Å². The SMILES string of the molecule is C/C(O)=C(/C=N[C@H](c1ccccc1)[C@H](N=C/C(C(=O)O[C@H]1C[C@@H](C)CC[C@@H]1C(C)C)=C(/C)O)c1ccccc1)C(=O)O[C@H]1C[C@@H](C)CC[C@@H]1C(C)C. The maximum absolute atomic E-state index is 13.7. The third kappa shape index (κ3) is 10.9. The summed E-state index contributed by atoms with van der Waals surface area (Å²) in [4.78, 5) is 37.2. The number of hydrogen-bond acceptors (Lipinski definition) is 8. The average Bonchev–Trinajstić information content (AvgIpc) is 3.09. The van der Waals surface area contributed by atoms with Gasteiger partial charge in [0.1, 0.15) is 47.0 Å². The van der Waals surface area contributed by atoms with Crippen molar-refractivity contribution in [3.63, 3.8) is 0 Å². The third-order valence-electron chi connectivity index (χ3n) is 11.0. The van der Waals surface area contributed by atoms with E-state index in [2.05, 4.69) is 41.5 Å². The molecule has 0 heterocycles. The van der Waals surface area contributed by atoms with Crippen LogP contribution in [0.25, 0.3) is 0 Å². The highest BCUT2D eigenvalue weighted by Gasteiger charge is 2.36. The number of hydrogen-bond donors (Lipinski definition) is 2. The minimum absolute atomic E-state index is 0.0192. The topological polar surface area (TPSA) is 118 Å². The molecule has 2 saturated carbocycles.